The Balaban J connectivity index is 1.30. The Morgan fingerprint density at radius 2 is 1.62 bits per heavy atom. The number of ether oxygens (including phenoxy) is 2. The van der Waals surface area contributed by atoms with Gasteiger partial charge in [-0.25, -0.2) is 8.78 Å². The van der Waals surface area contributed by atoms with Gasteiger partial charge in [0.1, 0.15) is 5.75 Å². The number of esters is 1. The molecule has 4 rings (SSSR count). The molecule has 0 heterocycles. The lowest BCUT2D eigenvalue weighted by Crippen LogP contribution is -2.40. The van der Waals surface area contributed by atoms with Gasteiger partial charge in [-0.05, 0) is 68.1 Å². The second-order valence-corrected chi connectivity index (χ2v) is 11.2. The Hall–Kier alpha value is -1.65. The van der Waals surface area contributed by atoms with Crippen LogP contribution in [-0.4, -0.2) is 13.1 Å². The van der Waals surface area contributed by atoms with Crippen LogP contribution in [0, 0.1) is 47.1 Å². The van der Waals surface area contributed by atoms with E-state index in [-0.39, 0.29) is 17.6 Å². The van der Waals surface area contributed by atoms with Crippen LogP contribution < -0.4 is 9.47 Å². The molecule has 0 saturated heterocycles. The highest BCUT2D eigenvalue weighted by Crippen LogP contribution is 2.50. The second kappa shape index (κ2) is 11.9. The first-order chi connectivity index (χ1) is 16.5. The summed E-state index contributed by atoms with van der Waals surface area (Å²) in [5, 5.41) is 0. The van der Waals surface area contributed by atoms with E-state index in [9.17, 15) is 13.6 Å². The number of carbonyl (C=O) groups is 1. The van der Waals surface area contributed by atoms with Crippen molar-refractivity contribution in [1.29, 1.82) is 0 Å². The van der Waals surface area contributed by atoms with E-state index in [1.807, 2.05) is 0 Å². The zero-order valence-corrected chi connectivity index (χ0v) is 21.0. The highest BCUT2D eigenvalue weighted by atomic mass is 19.1. The van der Waals surface area contributed by atoms with E-state index >= 15 is 0 Å². The lowest BCUT2D eigenvalue weighted by molar-refractivity contribution is -0.144. The van der Waals surface area contributed by atoms with Crippen molar-refractivity contribution in [2.45, 2.75) is 96.8 Å². The zero-order valence-electron chi connectivity index (χ0n) is 21.0. The molecule has 0 bridgehead atoms. The van der Waals surface area contributed by atoms with E-state index in [1.165, 1.54) is 77.7 Å². The number of halogens is 2. The maximum Gasteiger partial charge on any atom is 0.314 e. The van der Waals surface area contributed by atoms with E-state index in [2.05, 4.69) is 6.92 Å². The largest absolute Gasteiger partial charge is 0.491 e. The lowest BCUT2D eigenvalue weighted by atomic mass is 9.59. The van der Waals surface area contributed by atoms with Crippen molar-refractivity contribution in [3.63, 3.8) is 0 Å². The van der Waals surface area contributed by atoms with Gasteiger partial charge >= 0.3 is 5.97 Å². The van der Waals surface area contributed by atoms with Crippen molar-refractivity contribution in [2.24, 2.45) is 35.5 Å². The van der Waals surface area contributed by atoms with E-state index in [4.69, 9.17) is 9.47 Å². The number of benzene rings is 1. The summed E-state index contributed by atoms with van der Waals surface area (Å²) in [6, 6.07) is 2.07. The van der Waals surface area contributed by atoms with Gasteiger partial charge in [-0.2, -0.15) is 0 Å². The van der Waals surface area contributed by atoms with Crippen molar-refractivity contribution in [3.8, 4) is 11.5 Å². The first-order valence-electron chi connectivity index (χ1n) is 13.7. The fraction of sp³-hybridized carbons (Fsp3) is 0.759. The maximum atomic E-state index is 14.0. The van der Waals surface area contributed by atoms with Crippen LogP contribution >= 0.6 is 0 Å². The van der Waals surface area contributed by atoms with Crippen LogP contribution in [0.2, 0.25) is 0 Å². The zero-order chi connectivity index (χ0) is 24.1. The summed E-state index contributed by atoms with van der Waals surface area (Å²) in [7, 11) is 1.21. The fourth-order valence-electron chi connectivity index (χ4n) is 7.33. The van der Waals surface area contributed by atoms with Gasteiger partial charge in [0.15, 0.2) is 17.4 Å². The summed E-state index contributed by atoms with van der Waals surface area (Å²) >= 11 is 0. The number of carbonyl (C=O) groups excluding carboxylic acids is 1. The van der Waals surface area contributed by atoms with E-state index in [1.54, 1.807) is 0 Å². The minimum atomic E-state index is -0.854. The van der Waals surface area contributed by atoms with E-state index in [0.29, 0.717) is 11.8 Å². The van der Waals surface area contributed by atoms with Gasteiger partial charge in [-0.1, -0.05) is 58.3 Å². The van der Waals surface area contributed by atoms with Gasteiger partial charge in [-0.15, -0.1) is 0 Å². The van der Waals surface area contributed by atoms with Gasteiger partial charge in [-0.3, -0.25) is 4.79 Å². The van der Waals surface area contributed by atoms with Crippen LogP contribution in [0.1, 0.15) is 96.8 Å². The minimum Gasteiger partial charge on any atom is -0.491 e. The minimum absolute atomic E-state index is 0.0766. The van der Waals surface area contributed by atoms with Gasteiger partial charge in [0.05, 0.1) is 13.0 Å². The van der Waals surface area contributed by atoms with E-state index < -0.39 is 17.4 Å². The summed E-state index contributed by atoms with van der Waals surface area (Å²) in [6.07, 6.45) is 17.7. The molecule has 3 aliphatic rings. The smallest absolute Gasteiger partial charge is 0.314 e. The van der Waals surface area contributed by atoms with Crippen molar-refractivity contribution < 1.29 is 23.0 Å². The first-order valence-corrected chi connectivity index (χ1v) is 13.7. The standard InChI is InChI=1S/C29H42F2O3/c1-3-4-5-7-19-10-12-20(13-11-19)21-14-15-24-22(16-21)8-6-9-25(24)29(32)34-23-17-26(30)28(33-2)27(31)18-23/h17-22,24-25H,3-16H2,1-2H3. The quantitative estimate of drug-likeness (QED) is 0.216. The molecule has 0 amide bonds. The number of hydrogen-bond acceptors (Lipinski definition) is 3. The number of rotatable bonds is 8. The Kier molecular flexibility index (Phi) is 8.87. The third kappa shape index (κ3) is 5.94. The van der Waals surface area contributed by atoms with Crippen molar-refractivity contribution >= 4 is 5.97 Å². The molecule has 3 fully saturated rings. The number of unbranched alkanes of at least 4 members (excludes halogenated alkanes) is 2. The monoisotopic (exact) mass is 476 g/mol. The number of methoxy groups -OCH3 is 1. The molecule has 1 aromatic rings. The number of fused-ring (bicyclic) bond motifs is 1. The van der Waals surface area contributed by atoms with E-state index in [0.717, 1.165) is 49.1 Å². The van der Waals surface area contributed by atoms with Crippen LogP contribution in [0.25, 0.3) is 0 Å². The molecule has 0 radical (unpaired) electrons. The lowest BCUT2D eigenvalue weighted by Gasteiger charge is -2.46. The molecule has 34 heavy (non-hydrogen) atoms. The molecular formula is C29H42F2O3. The third-order valence-electron chi connectivity index (χ3n) is 9.16. The van der Waals surface area contributed by atoms with Crippen molar-refractivity contribution in [1.82, 2.24) is 0 Å². The third-order valence-corrected chi connectivity index (χ3v) is 9.16. The predicted octanol–water partition coefficient (Wildman–Crippen LogP) is 8.10. The average Bonchev–Trinajstić information content (AvgIpc) is 2.84. The molecule has 190 valence electrons. The molecule has 1 aromatic carbocycles. The Bertz CT molecular complexity index is 795. The predicted molar refractivity (Wildman–Crippen MR) is 130 cm³/mol. The Labute approximate surface area is 204 Å². The molecule has 4 unspecified atom stereocenters. The Morgan fingerprint density at radius 3 is 2.29 bits per heavy atom. The average molecular weight is 477 g/mol. The van der Waals surface area contributed by atoms with Crippen LogP contribution in [0.15, 0.2) is 12.1 Å². The molecular weight excluding hydrogens is 434 g/mol. The van der Waals surface area contributed by atoms with Gasteiger partial charge in [0.2, 0.25) is 0 Å². The van der Waals surface area contributed by atoms with Crippen LogP contribution in [-0.2, 0) is 4.79 Å². The maximum absolute atomic E-state index is 14.0. The SMILES string of the molecule is CCCCCC1CCC(C2CCC3C(CCCC3C(=O)Oc3cc(F)c(OC)c(F)c3)C2)CC1. The molecule has 0 N–H and O–H groups in total. The summed E-state index contributed by atoms with van der Waals surface area (Å²) < 4.78 is 38.3. The van der Waals surface area contributed by atoms with Gasteiger partial charge in [0, 0.05) is 12.1 Å². The first kappa shape index (κ1) is 25.4. The number of hydrogen-bond donors (Lipinski definition) is 0. The summed E-state index contributed by atoms with van der Waals surface area (Å²) in [5.74, 6) is 0.802. The van der Waals surface area contributed by atoms with Crippen LogP contribution in [0.5, 0.6) is 11.5 Å². The fourth-order valence-corrected chi connectivity index (χ4v) is 7.33. The van der Waals surface area contributed by atoms with Gasteiger partial charge < -0.3 is 9.47 Å². The van der Waals surface area contributed by atoms with Crippen LogP contribution in [0.3, 0.4) is 0 Å². The highest BCUT2D eigenvalue weighted by Gasteiger charge is 2.43. The second-order valence-electron chi connectivity index (χ2n) is 11.2. The molecule has 0 aliphatic heterocycles. The summed E-state index contributed by atoms with van der Waals surface area (Å²) in [4.78, 5) is 13.0. The normalized spacial score (nSPS) is 31.5. The molecule has 0 spiro atoms. The molecule has 3 nitrogen and oxygen atoms in total. The molecule has 3 aliphatic carbocycles. The molecule has 4 atom stereocenters. The topological polar surface area (TPSA) is 35.5 Å². The van der Waals surface area contributed by atoms with Crippen LogP contribution in [0.4, 0.5) is 8.78 Å². The molecule has 5 heteroatoms. The summed E-state index contributed by atoms with van der Waals surface area (Å²) in [6.45, 7) is 2.28. The summed E-state index contributed by atoms with van der Waals surface area (Å²) in [5.41, 5.74) is 0. The highest BCUT2D eigenvalue weighted by molar-refractivity contribution is 5.75. The molecule has 3 saturated carbocycles. The Morgan fingerprint density at radius 1 is 0.912 bits per heavy atom. The van der Waals surface area contributed by atoms with Crippen molar-refractivity contribution in [2.75, 3.05) is 7.11 Å². The van der Waals surface area contributed by atoms with Gasteiger partial charge in [0.25, 0.3) is 0 Å². The van der Waals surface area contributed by atoms with Crippen molar-refractivity contribution in [3.05, 3.63) is 23.8 Å². The molecule has 0 aromatic heterocycles.